The van der Waals surface area contributed by atoms with E-state index in [1.807, 2.05) is 0 Å². The van der Waals surface area contributed by atoms with Crippen LogP contribution in [0, 0.1) is 0 Å². The maximum absolute atomic E-state index is 11.9. The zero-order chi connectivity index (χ0) is 30.8. The summed E-state index contributed by atoms with van der Waals surface area (Å²) < 4.78 is 10.2. The average Bonchev–Trinajstić information content (AvgIpc) is 2.97. The van der Waals surface area contributed by atoms with Gasteiger partial charge < -0.3 is 9.47 Å². The topological polar surface area (TPSA) is 69.7 Å². The van der Waals surface area contributed by atoms with Crippen LogP contribution in [0.3, 0.4) is 0 Å². The first kappa shape index (κ1) is 41.0. The number of rotatable bonds is 33. The fourth-order valence-electron chi connectivity index (χ4n) is 5.13. The number of esters is 3. The Morgan fingerprint density at radius 1 is 0.405 bits per heavy atom. The summed E-state index contributed by atoms with van der Waals surface area (Å²) in [5, 5.41) is 0. The number of unbranched alkanes of at least 4 members (excludes halogenated alkanes) is 23. The Balaban J connectivity index is 3.38. The van der Waals surface area contributed by atoms with Crippen LogP contribution >= 0.6 is 11.8 Å². The third kappa shape index (κ3) is 33.5. The first-order valence-corrected chi connectivity index (χ1v) is 19.2. The predicted molar refractivity (Wildman–Crippen MR) is 180 cm³/mol. The van der Waals surface area contributed by atoms with E-state index in [1.54, 1.807) is 0 Å². The van der Waals surface area contributed by atoms with Gasteiger partial charge in [0.25, 0.3) is 0 Å². The molecular weight excluding hydrogens is 544 g/mol. The zero-order valence-corrected chi connectivity index (χ0v) is 28.7. The fraction of sp³-hybridized carbons (Fsp3) is 0.917. The molecule has 0 bridgehead atoms. The lowest BCUT2D eigenvalue weighted by molar-refractivity contribution is -0.159. The maximum Gasteiger partial charge on any atom is 0.314 e. The van der Waals surface area contributed by atoms with Crippen LogP contribution in [0.2, 0.25) is 0 Å². The molecule has 0 saturated heterocycles. The Morgan fingerprint density at radius 2 is 0.738 bits per heavy atom. The van der Waals surface area contributed by atoms with Crippen LogP contribution in [0.15, 0.2) is 0 Å². The standard InChI is InChI=1S/C36H68O5S/c1-3-5-7-9-11-13-15-16-17-18-19-20-22-24-26-28-35(38)41-36(39)30-33-42-32-29-34(37)40-31-27-25-23-21-14-12-10-8-6-4-2/h3-33H2,1-2H3. The summed E-state index contributed by atoms with van der Waals surface area (Å²) in [4.78, 5) is 35.6. The van der Waals surface area contributed by atoms with E-state index in [2.05, 4.69) is 13.8 Å². The Morgan fingerprint density at radius 3 is 1.17 bits per heavy atom. The van der Waals surface area contributed by atoms with Crippen LogP contribution in [0.1, 0.15) is 194 Å². The quantitative estimate of drug-likeness (QED) is 0.0417. The highest BCUT2D eigenvalue weighted by Crippen LogP contribution is 2.14. The molecule has 0 aromatic rings. The van der Waals surface area contributed by atoms with Crippen molar-refractivity contribution in [2.45, 2.75) is 194 Å². The molecule has 0 spiro atoms. The lowest BCUT2D eigenvalue weighted by Gasteiger charge is -2.06. The van der Waals surface area contributed by atoms with E-state index in [0.29, 0.717) is 31.0 Å². The number of thioether (sulfide) groups is 1. The predicted octanol–water partition coefficient (Wildman–Crippen LogP) is 11.3. The molecule has 0 fully saturated rings. The highest BCUT2D eigenvalue weighted by molar-refractivity contribution is 7.99. The third-order valence-electron chi connectivity index (χ3n) is 7.87. The zero-order valence-electron chi connectivity index (χ0n) is 27.9. The highest BCUT2D eigenvalue weighted by atomic mass is 32.2. The number of carbonyl (C=O) groups is 3. The Hall–Kier alpha value is -1.04. The monoisotopic (exact) mass is 612 g/mol. The fourth-order valence-corrected chi connectivity index (χ4v) is 5.96. The first-order valence-electron chi connectivity index (χ1n) is 18.1. The van der Waals surface area contributed by atoms with E-state index < -0.39 is 11.9 Å². The minimum absolute atomic E-state index is 0.167. The van der Waals surface area contributed by atoms with E-state index in [4.69, 9.17) is 9.47 Å². The van der Waals surface area contributed by atoms with Crippen molar-refractivity contribution in [2.24, 2.45) is 0 Å². The SMILES string of the molecule is CCCCCCCCCCCCCCCCCC(=O)OC(=O)CCSCCC(=O)OCCCCCCCCCCCC. The van der Waals surface area contributed by atoms with Gasteiger partial charge in [-0.05, 0) is 12.8 Å². The number of hydrogen-bond donors (Lipinski definition) is 0. The molecule has 0 rings (SSSR count). The second-order valence-electron chi connectivity index (χ2n) is 12.1. The molecule has 0 aliphatic rings. The lowest BCUT2D eigenvalue weighted by atomic mass is 10.0. The van der Waals surface area contributed by atoms with E-state index >= 15 is 0 Å². The first-order chi connectivity index (χ1) is 20.6. The van der Waals surface area contributed by atoms with E-state index in [0.717, 1.165) is 32.1 Å². The van der Waals surface area contributed by atoms with Crippen molar-refractivity contribution in [1.29, 1.82) is 0 Å². The van der Waals surface area contributed by atoms with Crippen LogP contribution in [0.5, 0.6) is 0 Å². The molecule has 248 valence electrons. The lowest BCUT2D eigenvalue weighted by Crippen LogP contribution is -2.13. The molecule has 0 N–H and O–H groups in total. The Bertz CT molecular complexity index is 610. The molecular formula is C36H68O5S. The summed E-state index contributed by atoms with van der Waals surface area (Å²) in [6.07, 6.45) is 32.8. The van der Waals surface area contributed by atoms with Gasteiger partial charge in [-0.2, -0.15) is 11.8 Å². The van der Waals surface area contributed by atoms with Gasteiger partial charge in [-0.1, -0.05) is 162 Å². The molecule has 42 heavy (non-hydrogen) atoms. The second-order valence-corrected chi connectivity index (χ2v) is 13.3. The molecule has 0 aromatic heterocycles. The van der Waals surface area contributed by atoms with Gasteiger partial charge in [-0.3, -0.25) is 14.4 Å². The Labute approximate surface area is 264 Å². The number of ether oxygens (including phenoxy) is 2. The molecule has 0 radical (unpaired) electrons. The molecule has 0 aliphatic heterocycles. The molecule has 0 atom stereocenters. The van der Waals surface area contributed by atoms with Gasteiger partial charge in [-0.15, -0.1) is 0 Å². The summed E-state index contributed by atoms with van der Waals surface area (Å²) >= 11 is 1.52. The Kier molecular flexibility index (Phi) is 33.6. The number of hydrogen-bond acceptors (Lipinski definition) is 6. The van der Waals surface area contributed by atoms with Crippen LogP contribution in [-0.2, 0) is 23.9 Å². The van der Waals surface area contributed by atoms with Crippen molar-refractivity contribution in [3.05, 3.63) is 0 Å². The van der Waals surface area contributed by atoms with Gasteiger partial charge >= 0.3 is 17.9 Å². The van der Waals surface area contributed by atoms with E-state index in [1.165, 1.54) is 140 Å². The normalized spacial score (nSPS) is 11.1. The minimum Gasteiger partial charge on any atom is -0.466 e. The second kappa shape index (κ2) is 34.5. The van der Waals surface area contributed by atoms with Crippen LogP contribution in [0.25, 0.3) is 0 Å². The van der Waals surface area contributed by atoms with Gasteiger partial charge in [0.1, 0.15) is 0 Å². The molecule has 0 aromatic carbocycles. The summed E-state index contributed by atoms with van der Waals surface area (Å²) in [6.45, 7) is 5.02. The van der Waals surface area contributed by atoms with Gasteiger partial charge in [0, 0.05) is 17.9 Å². The summed E-state index contributed by atoms with van der Waals surface area (Å²) in [6, 6.07) is 0. The minimum atomic E-state index is -0.461. The maximum atomic E-state index is 11.9. The molecule has 0 saturated carbocycles. The molecule has 5 nitrogen and oxygen atoms in total. The molecule has 0 heterocycles. The van der Waals surface area contributed by atoms with E-state index in [-0.39, 0.29) is 12.4 Å². The summed E-state index contributed by atoms with van der Waals surface area (Å²) in [7, 11) is 0. The largest absolute Gasteiger partial charge is 0.466 e. The molecule has 0 amide bonds. The van der Waals surface area contributed by atoms with Crippen molar-refractivity contribution in [2.75, 3.05) is 18.1 Å². The molecule has 6 heteroatoms. The molecule has 0 aliphatic carbocycles. The average molecular weight is 613 g/mol. The van der Waals surface area contributed by atoms with Gasteiger partial charge in [0.05, 0.1) is 19.4 Å². The molecule has 0 unspecified atom stereocenters. The summed E-state index contributed by atoms with van der Waals surface area (Å²) in [5.74, 6) is 0.139. The van der Waals surface area contributed by atoms with Crippen molar-refractivity contribution in [3.63, 3.8) is 0 Å². The van der Waals surface area contributed by atoms with Gasteiger partial charge in [0.15, 0.2) is 0 Å². The van der Waals surface area contributed by atoms with E-state index in [9.17, 15) is 14.4 Å². The third-order valence-corrected chi connectivity index (χ3v) is 8.86. The van der Waals surface area contributed by atoms with Crippen LogP contribution in [-0.4, -0.2) is 36.0 Å². The van der Waals surface area contributed by atoms with Crippen molar-refractivity contribution in [3.8, 4) is 0 Å². The van der Waals surface area contributed by atoms with Crippen molar-refractivity contribution in [1.82, 2.24) is 0 Å². The van der Waals surface area contributed by atoms with Gasteiger partial charge in [-0.25, -0.2) is 0 Å². The van der Waals surface area contributed by atoms with Gasteiger partial charge in [0.2, 0.25) is 0 Å². The highest BCUT2D eigenvalue weighted by Gasteiger charge is 2.10. The smallest absolute Gasteiger partial charge is 0.314 e. The van der Waals surface area contributed by atoms with Crippen molar-refractivity contribution >= 4 is 29.7 Å². The summed E-state index contributed by atoms with van der Waals surface area (Å²) in [5.41, 5.74) is 0. The number of carbonyl (C=O) groups excluding carboxylic acids is 3. The van der Waals surface area contributed by atoms with Crippen LogP contribution in [0.4, 0.5) is 0 Å². The van der Waals surface area contributed by atoms with Crippen LogP contribution < -0.4 is 0 Å². The van der Waals surface area contributed by atoms with Crippen molar-refractivity contribution < 1.29 is 23.9 Å².